The van der Waals surface area contributed by atoms with Crippen molar-refractivity contribution in [2.45, 2.75) is 26.3 Å². The first-order valence-corrected chi connectivity index (χ1v) is 5.70. The Morgan fingerprint density at radius 2 is 2.50 bits per heavy atom. The van der Waals surface area contributed by atoms with E-state index in [1.807, 2.05) is 0 Å². The maximum absolute atomic E-state index is 11.6. The predicted octanol–water partition coefficient (Wildman–Crippen LogP) is 0.628. The van der Waals surface area contributed by atoms with Crippen LogP contribution in [0.3, 0.4) is 0 Å². The number of hydrogen-bond acceptors (Lipinski definition) is 3. The molecule has 0 aromatic carbocycles. The van der Waals surface area contributed by atoms with Gasteiger partial charge in [-0.05, 0) is 24.7 Å². The van der Waals surface area contributed by atoms with Crippen molar-refractivity contribution in [1.82, 2.24) is 15.1 Å². The minimum Gasteiger partial charge on any atom is -0.396 e. The summed E-state index contributed by atoms with van der Waals surface area (Å²) >= 11 is 0. The summed E-state index contributed by atoms with van der Waals surface area (Å²) in [5.41, 5.74) is 6.09. The Bertz CT molecular complexity index is 370. The second-order valence-corrected chi connectivity index (χ2v) is 4.59. The Morgan fingerprint density at radius 1 is 1.75 bits per heavy atom. The first-order chi connectivity index (χ1) is 7.65. The van der Waals surface area contributed by atoms with Crippen molar-refractivity contribution in [2.75, 3.05) is 12.3 Å². The van der Waals surface area contributed by atoms with Gasteiger partial charge in [-0.3, -0.25) is 9.48 Å². The van der Waals surface area contributed by atoms with Gasteiger partial charge in [0.25, 0.3) is 0 Å². The molecule has 1 heterocycles. The Morgan fingerprint density at radius 3 is 3.06 bits per heavy atom. The second-order valence-electron chi connectivity index (χ2n) is 4.59. The zero-order valence-electron chi connectivity index (χ0n) is 9.52. The van der Waals surface area contributed by atoms with Crippen LogP contribution in [-0.2, 0) is 11.3 Å². The normalized spacial score (nSPS) is 17.1. The maximum atomic E-state index is 11.6. The van der Waals surface area contributed by atoms with Gasteiger partial charge in [0.15, 0.2) is 0 Å². The van der Waals surface area contributed by atoms with Gasteiger partial charge in [-0.2, -0.15) is 5.10 Å². The fourth-order valence-electron chi connectivity index (χ4n) is 1.78. The molecule has 5 nitrogen and oxygen atoms in total. The lowest BCUT2D eigenvalue weighted by atomic mass is 10.1. The van der Waals surface area contributed by atoms with E-state index >= 15 is 0 Å². The number of nitrogens with one attached hydrogen (secondary N) is 1. The summed E-state index contributed by atoms with van der Waals surface area (Å²) in [5, 5.41) is 6.88. The Kier molecular flexibility index (Phi) is 3.12. The number of carbonyl (C=O) groups excluding carboxylic acids is 1. The largest absolute Gasteiger partial charge is 0.396 e. The molecule has 1 aromatic rings. The molecule has 0 radical (unpaired) electrons. The molecule has 16 heavy (non-hydrogen) atoms. The maximum Gasteiger partial charge on any atom is 0.241 e. The molecule has 5 heteroatoms. The summed E-state index contributed by atoms with van der Waals surface area (Å²) in [6.45, 7) is 3.19. The third kappa shape index (κ3) is 2.98. The van der Waals surface area contributed by atoms with Crippen molar-refractivity contribution >= 4 is 11.6 Å². The summed E-state index contributed by atoms with van der Waals surface area (Å²) in [4.78, 5) is 11.6. The van der Waals surface area contributed by atoms with Crippen molar-refractivity contribution < 1.29 is 4.79 Å². The Balaban J connectivity index is 1.71. The van der Waals surface area contributed by atoms with E-state index in [0.29, 0.717) is 11.6 Å². The molecule has 3 N–H and O–H groups in total. The van der Waals surface area contributed by atoms with Crippen LogP contribution in [0.2, 0.25) is 0 Å². The molecule has 1 atom stereocenters. The smallest absolute Gasteiger partial charge is 0.241 e. The average molecular weight is 222 g/mol. The molecule has 2 rings (SSSR count). The minimum atomic E-state index is -0.00407. The van der Waals surface area contributed by atoms with Crippen LogP contribution >= 0.6 is 0 Å². The summed E-state index contributed by atoms with van der Waals surface area (Å²) in [5.74, 6) is 1.41. The van der Waals surface area contributed by atoms with Gasteiger partial charge in [0.1, 0.15) is 6.54 Å². The highest BCUT2D eigenvalue weighted by atomic mass is 16.2. The van der Waals surface area contributed by atoms with Gasteiger partial charge in [-0.25, -0.2) is 0 Å². The van der Waals surface area contributed by atoms with E-state index in [1.165, 1.54) is 12.8 Å². The molecule has 1 unspecified atom stereocenters. The number of nitrogens with zero attached hydrogens (tertiary/aromatic N) is 2. The first kappa shape index (κ1) is 11.0. The van der Waals surface area contributed by atoms with E-state index in [-0.39, 0.29) is 12.5 Å². The SMILES string of the molecule is CC(CNC(=O)Cn1cc(N)cn1)C1CC1. The van der Waals surface area contributed by atoms with Crippen LogP contribution in [0.4, 0.5) is 5.69 Å². The topological polar surface area (TPSA) is 72.9 Å². The first-order valence-electron chi connectivity index (χ1n) is 5.70. The lowest BCUT2D eigenvalue weighted by Gasteiger charge is -2.11. The van der Waals surface area contributed by atoms with E-state index in [2.05, 4.69) is 17.3 Å². The molecule has 88 valence electrons. The molecule has 1 aliphatic carbocycles. The quantitative estimate of drug-likeness (QED) is 0.767. The van der Waals surface area contributed by atoms with E-state index in [0.717, 1.165) is 12.5 Å². The highest BCUT2D eigenvalue weighted by molar-refractivity contribution is 5.75. The van der Waals surface area contributed by atoms with Crippen LogP contribution in [-0.4, -0.2) is 22.2 Å². The number of rotatable bonds is 5. The van der Waals surface area contributed by atoms with Crippen LogP contribution in [0, 0.1) is 11.8 Å². The number of nitrogens with two attached hydrogens (primary N) is 1. The molecule has 0 saturated heterocycles. The highest BCUT2D eigenvalue weighted by Crippen LogP contribution is 2.35. The van der Waals surface area contributed by atoms with Crippen molar-refractivity contribution in [3.8, 4) is 0 Å². The third-order valence-corrected chi connectivity index (χ3v) is 3.01. The molecule has 1 saturated carbocycles. The molecule has 1 amide bonds. The van der Waals surface area contributed by atoms with E-state index in [9.17, 15) is 4.79 Å². The lowest BCUT2D eigenvalue weighted by Crippen LogP contribution is -2.32. The Labute approximate surface area is 95.0 Å². The molecule has 0 spiro atoms. The number of amides is 1. The van der Waals surface area contributed by atoms with Crippen molar-refractivity contribution in [3.05, 3.63) is 12.4 Å². The van der Waals surface area contributed by atoms with Crippen molar-refractivity contribution in [1.29, 1.82) is 0 Å². The second kappa shape index (κ2) is 4.55. The molecule has 0 aliphatic heterocycles. The molecule has 0 bridgehead atoms. The summed E-state index contributed by atoms with van der Waals surface area (Å²) in [6, 6.07) is 0. The molecular weight excluding hydrogens is 204 g/mol. The number of nitrogen functional groups attached to an aromatic ring is 1. The Hall–Kier alpha value is -1.52. The minimum absolute atomic E-state index is 0.00407. The van der Waals surface area contributed by atoms with E-state index < -0.39 is 0 Å². The number of hydrogen-bond donors (Lipinski definition) is 2. The monoisotopic (exact) mass is 222 g/mol. The van der Waals surface area contributed by atoms with Gasteiger partial charge < -0.3 is 11.1 Å². The van der Waals surface area contributed by atoms with E-state index in [4.69, 9.17) is 5.73 Å². The fraction of sp³-hybridized carbons (Fsp3) is 0.636. The molecular formula is C11H18N4O. The third-order valence-electron chi connectivity index (χ3n) is 3.01. The molecule has 1 fully saturated rings. The van der Waals surface area contributed by atoms with Crippen LogP contribution in [0.25, 0.3) is 0 Å². The van der Waals surface area contributed by atoms with Crippen LogP contribution in [0.15, 0.2) is 12.4 Å². The average Bonchev–Trinajstić information content (AvgIpc) is 3.01. The predicted molar refractivity (Wildman–Crippen MR) is 61.5 cm³/mol. The van der Waals surface area contributed by atoms with Crippen LogP contribution < -0.4 is 11.1 Å². The molecule has 1 aliphatic rings. The summed E-state index contributed by atoms with van der Waals surface area (Å²) in [6.07, 6.45) is 5.82. The number of anilines is 1. The number of aromatic nitrogens is 2. The van der Waals surface area contributed by atoms with Gasteiger partial charge in [0.05, 0.1) is 11.9 Å². The summed E-state index contributed by atoms with van der Waals surface area (Å²) < 4.78 is 1.55. The molecule has 1 aromatic heterocycles. The fourth-order valence-corrected chi connectivity index (χ4v) is 1.78. The zero-order valence-corrected chi connectivity index (χ0v) is 9.52. The standard InChI is InChI=1S/C11H18N4O/c1-8(9-2-3-9)4-13-11(16)7-15-6-10(12)5-14-15/h5-6,8-9H,2-4,7,12H2,1H3,(H,13,16). The summed E-state index contributed by atoms with van der Waals surface area (Å²) in [7, 11) is 0. The van der Waals surface area contributed by atoms with Crippen molar-refractivity contribution in [3.63, 3.8) is 0 Å². The van der Waals surface area contributed by atoms with Gasteiger partial charge in [0, 0.05) is 12.7 Å². The zero-order chi connectivity index (χ0) is 11.5. The van der Waals surface area contributed by atoms with E-state index in [1.54, 1.807) is 17.1 Å². The van der Waals surface area contributed by atoms with Crippen LogP contribution in [0.1, 0.15) is 19.8 Å². The highest BCUT2D eigenvalue weighted by Gasteiger charge is 2.27. The van der Waals surface area contributed by atoms with Gasteiger partial charge >= 0.3 is 0 Å². The van der Waals surface area contributed by atoms with Gasteiger partial charge in [-0.15, -0.1) is 0 Å². The van der Waals surface area contributed by atoms with Gasteiger partial charge in [-0.1, -0.05) is 6.92 Å². The van der Waals surface area contributed by atoms with Crippen molar-refractivity contribution in [2.24, 2.45) is 11.8 Å². The van der Waals surface area contributed by atoms with Crippen LogP contribution in [0.5, 0.6) is 0 Å². The lowest BCUT2D eigenvalue weighted by molar-refractivity contribution is -0.122. The van der Waals surface area contributed by atoms with Gasteiger partial charge in [0.2, 0.25) is 5.91 Å². The number of carbonyl (C=O) groups is 1.